The molecule has 0 aliphatic rings. The van der Waals surface area contributed by atoms with Gasteiger partial charge in [0, 0.05) is 5.54 Å². The van der Waals surface area contributed by atoms with E-state index in [1.165, 1.54) is 0 Å². The molecule has 0 radical (unpaired) electrons. The lowest BCUT2D eigenvalue weighted by Gasteiger charge is -2.24. The summed E-state index contributed by atoms with van der Waals surface area (Å²) in [6.45, 7) is 7.08. The van der Waals surface area contributed by atoms with Crippen LogP contribution in [0.4, 0.5) is 0 Å². The fourth-order valence-corrected chi connectivity index (χ4v) is 0.462. The quantitative estimate of drug-likeness (QED) is 0.550. The van der Waals surface area contributed by atoms with Crippen molar-refractivity contribution in [3.63, 3.8) is 0 Å². The molecule has 0 spiro atoms. The van der Waals surface area contributed by atoms with Crippen molar-refractivity contribution in [1.82, 2.24) is 0 Å². The molecule has 0 heterocycles. The van der Waals surface area contributed by atoms with E-state index in [2.05, 4.69) is 6.58 Å². The predicted molar refractivity (Wildman–Crippen MR) is 39.1 cm³/mol. The molecule has 1 unspecified atom stereocenters. The lowest BCUT2D eigenvalue weighted by atomic mass is 9.96. The Morgan fingerprint density at radius 3 is 2.33 bits per heavy atom. The van der Waals surface area contributed by atoms with Gasteiger partial charge in [-0.1, -0.05) is 6.08 Å². The van der Waals surface area contributed by atoms with Gasteiger partial charge in [-0.3, -0.25) is 0 Å². The van der Waals surface area contributed by atoms with E-state index in [-0.39, 0.29) is 0 Å². The molecule has 0 aromatic heterocycles. The first-order chi connectivity index (χ1) is 3.98. The zero-order chi connectivity index (χ0) is 7.49. The van der Waals surface area contributed by atoms with Gasteiger partial charge in [0.15, 0.2) is 0 Å². The molecule has 2 nitrogen and oxygen atoms in total. The Bertz CT molecular complexity index is 93.6. The average Bonchev–Trinajstić information content (AvgIpc) is 1.64. The van der Waals surface area contributed by atoms with Crippen molar-refractivity contribution in [1.29, 1.82) is 0 Å². The molecule has 0 aliphatic carbocycles. The van der Waals surface area contributed by atoms with Gasteiger partial charge in [-0.25, -0.2) is 0 Å². The highest BCUT2D eigenvalue weighted by Crippen LogP contribution is 2.07. The van der Waals surface area contributed by atoms with E-state index in [9.17, 15) is 5.11 Å². The average molecular weight is 129 g/mol. The summed E-state index contributed by atoms with van der Waals surface area (Å²) in [6.07, 6.45) is 1.75. The number of nitrogens with two attached hydrogens (primary N) is 1. The molecule has 0 amide bonds. The summed E-state index contributed by atoms with van der Waals surface area (Å²) in [5.74, 6) is 0. The number of hydrogen-bond acceptors (Lipinski definition) is 2. The fraction of sp³-hybridized carbons (Fsp3) is 0.714. The van der Waals surface area contributed by atoms with Crippen LogP contribution in [0.2, 0.25) is 0 Å². The van der Waals surface area contributed by atoms with Crippen molar-refractivity contribution in [2.24, 2.45) is 5.73 Å². The standard InChI is InChI=1S/C7H15NO/c1-4-5-6(9)7(2,3)8/h4,6,9H,1,5,8H2,2-3H3. The summed E-state index contributed by atoms with van der Waals surface area (Å²) in [5, 5.41) is 9.19. The lowest BCUT2D eigenvalue weighted by Crippen LogP contribution is -2.44. The molecule has 0 fully saturated rings. The van der Waals surface area contributed by atoms with Crippen LogP contribution in [0.5, 0.6) is 0 Å². The molecule has 0 bridgehead atoms. The predicted octanol–water partition coefficient (Wildman–Crippen LogP) is 0.661. The molecule has 2 heteroatoms. The highest BCUT2D eigenvalue weighted by molar-refractivity contribution is 4.86. The van der Waals surface area contributed by atoms with E-state index in [0.29, 0.717) is 6.42 Å². The van der Waals surface area contributed by atoms with Gasteiger partial charge in [0.1, 0.15) is 0 Å². The van der Waals surface area contributed by atoms with Gasteiger partial charge in [0.25, 0.3) is 0 Å². The summed E-state index contributed by atoms with van der Waals surface area (Å²) in [4.78, 5) is 0. The fourth-order valence-electron chi connectivity index (χ4n) is 0.462. The van der Waals surface area contributed by atoms with Crippen LogP contribution >= 0.6 is 0 Å². The van der Waals surface area contributed by atoms with Crippen molar-refractivity contribution in [2.45, 2.75) is 31.9 Å². The van der Waals surface area contributed by atoms with Gasteiger partial charge in [-0.2, -0.15) is 0 Å². The third-order valence-electron chi connectivity index (χ3n) is 1.25. The third-order valence-corrected chi connectivity index (χ3v) is 1.25. The summed E-state index contributed by atoms with van der Waals surface area (Å²) in [7, 11) is 0. The first kappa shape index (κ1) is 8.66. The molecule has 0 saturated carbocycles. The Kier molecular flexibility index (Phi) is 2.88. The minimum absolute atomic E-state index is 0.477. The topological polar surface area (TPSA) is 46.2 Å². The Hall–Kier alpha value is -0.340. The smallest absolute Gasteiger partial charge is 0.0748 e. The molecule has 3 N–H and O–H groups in total. The molecule has 0 aromatic carbocycles. The van der Waals surface area contributed by atoms with Crippen LogP contribution in [0.3, 0.4) is 0 Å². The minimum Gasteiger partial charge on any atom is -0.391 e. The minimum atomic E-state index is -0.506. The highest BCUT2D eigenvalue weighted by Gasteiger charge is 2.20. The Labute approximate surface area is 56.4 Å². The Morgan fingerprint density at radius 2 is 2.22 bits per heavy atom. The van der Waals surface area contributed by atoms with Crippen molar-refractivity contribution in [3.05, 3.63) is 12.7 Å². The second-order valence-corrected chi connectivity index (χ2v) is 2.86. The van der Waals surface area contributed by atoms with Gasteiger partial charge in [0.2, 0.25) is 0 Å². The van der Waals surface area contributed by atoms with Gasteiger partial charge < -0.3 is 10.8 Å². The van der Waals surface area contributed by atoms with Crippen molar-refractivity contribution in [3.8, 4) is 0 Å². The van der Waals surface area contributed by atoms with Crippen LogP contribution in [0.1, 0.15) is 20.3 Å². The maximum absolute atomic E-state index is 9.19. The molecule has 1 atom stereocenters. The van der Waals surface area contributed by atoms with Crippen LogP contribution in [-0.4, -0.2) is 16.7 Å². The first-order valence-electron chi connectivity index (χ1n) is 3.06. The lowest BCUT2D eigenvalue weighted by molar-refractivity contribution is 0.107. The zero-order valence-electron chi connectivity index (χ0n) is 6.09. The van der Waals surface area contributed by atoms with Crippen LogP contribution in [0.15, 0.2) is 12.7 Å². The summed E-state index contributed by atoms with van der Waals surface area (Å²) in [5.41, 5.74) is 5.06. The normalized spacial score (nSPS) is 15.1. The van der Waals surface area contributed by atoms with Crippen LogP contribution in [0.25, 0.3) is 0 Å². The second-order valence-electron chi connectivity index (χ2n) is 2.86. The Morgan fingerprint density at radius 1 is 1.78 bits per heavy atom. The molecule has 0 aliphatic heterocycles. The zero-order valence-corrected chi connectivity index (χ0v) is 6.09. The number of hydrogen-bond donors (Lipinski definition) is 2. The molecule has 9 heavy (non-hydrogen) atoms. The van der Waals surface area contributed by atoms with E-state index >= 15 is 0 Å². The van der Waals surface area contributed by atoms with E-state index in [4.69, 9.17) is 5.73 Å². The summed E-state index contributed by atoms with van der Waals surface area (Å²) < 4.78 is 0. The maximum Gasteiger partial charge on any atom is 0.0748 e. The van der Waals surface area contributed by atoms with Crippen LogP contribution in [-0.2, 0) is 0 Å². The van der Waals surface area contributed by atoms with Crippen molar-refractivity contribution in [2.75, 3.05) is 0 Å². The number of aliphatic hydroxyl groups excluding tert-OH is 1. The number of aliphatic hydroxyl groups is 1. The largest absolute Gasteiger partial charge is 0.391 e. The molecule has 0 saturated heterocycles. The van der Waals surface area contributed by atoms with E-state index < -0.39 is 11.6 Å². The summed E-state index contributed by atoms with van der Waals surface area (Å²) in [6, 6.07) is 0. The number of rotatable bonds is 3. The van der Waals surface area contributed by atoms with Gasteiger partial charge in [-0.15, -0.1) is 6.58 Å². The molecule has 0 rings (SSSR count). The van der Waals surface area contributed by atoms with Crippen LogP contribution < -0.4 is 5.73 Å². The summed E-state index contributed by atoms with van der Waals surface area (Å²) >= 11 is 0. The monoisotopic (exact) mass is 129 g/mol. The highest BCUT2D eigenvalue weighted by atomic mass is 16.3. The van der Waals surface area contributed by atoms with Crippen LogP contribution in [0, 0.1) is 0 Å². The molecule has 0 aromatic rings. The van der Waals surface area contributed by atoms with Crippen molar-refractivity contribution >= 4 is 0 Å². The van der Waals surface area contributed by atoms with Crippen molar-refractivity contribution < 1.29 is 5.11 Å². The van der Waals surface area contributed by atoms with Gasteiger partial charge in [0.05, 0.1) is 6.10 Å². The van der Waals surface area contributed by atoms with Gasteiger partial charge in [-0.05, 0) is 20.3 Å². The van der Waals surface area contributed by atoms with E-state index in [1.54, 1.807) is 19.9 Å². The molecular weight excluding hydrogens is 114 g/mol. The van der Waals surface area contributed by atoms with E-state index in [1.807, 2.05) is 0 Å². The third kappa shape index (κ3) is 3.27. The van der Waals surface area contributed by atoms with E-state index in [0.717, 1.165) is 0 Å². The Balaban J connectivity index is 3.72. The maximum atomic E-state index is 9.19. The first-order valence-corrected chi connectivity index (χ1v) is 3.06. The molecular formula is C7H15NO. The molecule has 54 valence electrons. The SMILES string of the molecule is C=CCC(O)C(C)(C)N. The van der Waals surface area contributed by atoms with Gasteiger partial charge >= 0.3 is 0 Å². The second kappa shape index (κ2) is 2.99.